The summed E-state index contributed by atoms with van der Waals surface area (Å²) in [5.74, 6) is -2.30. The number of likely N-dealkylation sites (tertiary alicyclic amines) is 1. The maximum Gasteiger partial charge on any atom is 0.274 e. The minimum atomic E-state index is -0.711. The largest absolute Gasteiger partial charge is 0.337 e. The second-order valence-electron chi connectivity index (χ2n) is 8.88. The molecule has 0 unspecified atom stereocenters. The molecule has 1 saturated heterocycles. The molecule has 1 fully saturated rings. The number of aryl methyl sites for hydroxylation is 1. The number of halogens is 2. The molecule has 0 spiro atoms. The monoisotopic (exact) mass is 449 g/mol. The lowest BCUT2D eigenvalue weighted by Crippen LogP contribution is -2.41. The zero-order valence-corrected chi connectivity index (χ0v) is 18.5. The molecule has 1 aromatic heterocycles. The second-order valence-corrected chi connectivity index (χ2v) is 8.88. The Morgan fingerprint density at radius 2 is 1.79 bits per heavy atom. The molecule has 2 heterocycles. The summed E-state index contributed by atoms with van der Waals surface area (Å²) in [6, 6.07) is 10.9. The summed E-state index contributed by atoms with van der Waals surface area (Å²) >= 11 is 0. The van der Waals surface area contributed by atoms with Gasteiger partial charge in [-0.05, 0) is 68.9 Å². The molecule has 2 aromatic carbocycles. The van der Waals surface area contributed by atoms with Gasteiger partial charge in [-0.15, -0.1) is 0 Å². The molecule has 0 atom stereocenters. The lowest BCUT2D eigenvalue weighted by molar-refractivity contribution is 0.0643. The van der Waals surface area contributed by atoms with Crippen LogP contribution >= 0.6 is 0 Å². The summed E-state index contributed by atoms with van der Waals surface area (Å²) in [6.07, 6.45) is 3.55. The summed E-state index contributed by atoms with van der Waals surface area (Å²) in [4.78, 5) is 27.9. The Morgan fingerprint density at radius 3 is 2.55 bits per heavy atom. The van der Waals surface area contributed by atoms with E-state index >= 15 is 0 Å². The molecule has 0 radical (unpaired) electrons. The predicted molar refractivity (Wildman–Crippen MR) is 120 cm³/mol. The van der Waals surface area contributed by atoms with Gasteiger partial charge in [-0.3, -0.25) is 9.59 Å². The zero-order valence-electron chi connectivity index (χ0n) is 18.5. The van der Waals surface area contributed by atoms with E-state index in [2.05, 4.69) is 0 Å². The topological polar surface area (TPSA) is 55.2 Å². The predicted octanol–water partition coefficient (Wildman–Crippen LogP) is 4.68. The van der Waals surface area contributed by atoms with Crippen LogP contribution < -0.4 is 0 Å². The Morgan fingerprint density at radius 1 is 1.03 bits per heavy atom. The molecule has 1 amide bonds. The van der Waals surface area contributed by atoms with E-state index < -0.39 is 23.3 Å². The van der Waals surface area contributed by atoms with Gasteiger partial charge in [0.05, 0.1) is 11.3 Å². The van der Waals surface area contributed by atoms with Gasteiger partial charge in [0, 0.05) is 30.3 Å². The number of hydrogen-bond acceptors (Lipinski definition) is 3. The highest BCUT2D eigenvalue weighted by Gasteiger charge is 2.34. The molecule has 33 heavy (non-hydrogen) atoms. The number of rotatable bonds is 4. The first-order valence-electron chi connectivity index (χ1n) is 11.4. The van der Waals surface area contributed by atoms with Crippen LogP contribution in [0.4, 0.5) is 8.78 Å². The van der Waals surface area contributed by atoms with Crippen molar-refractivity contribution < 1.29 is 18.4 Å². The van der Waals surface area contributed by atoms with Gasteiger partial charge in [0.2, 0.25) is 0 Å². The summed E-state index contributed by atoms with van der Waals surface area (Å²) in [5.41, 5.74) is 4.47. The third kappa shape index (κ3) is 3.86. The lowest BCUT2D eigenvalue weighted by Gasteiger charge is -2.31. The number of nitrogens with zero attached hydrogens (tertiary/aromatic N) is 3. The molecule has 2 aliphatic rings. The van der Waals surface area contributed by atoms with E-state index in [1.165, 1.54) is 0 Å². The highest BCUT2D eigenvalue weighted by atomic mass is 19.1. The Hall–Kier alpha value is -3.35. The van der Waals surface area contributed by atoms with Crippen molar-refractivity contribution in [3.05, 3.63) is 82.2 Å². The number of ketones is 1. The molecule has 1 aliphatic heterocycles. The number of para-hydroxylation sites is 1. The quantitative estimate of drug-likeness (QED) is 0.544. The third-order valence-electron chi connectivity index (χ3n) is 6.82. The summed E-state index contributed by atoms with van der Waals surface area (Å²) in [7, 11) is 0. The van der Waals surface area contributed by atoms with E-state index in [9.17, 15) is 18.4 Å². The van der Waals surface area contributed by atoms with Gasteiger partial charge in [-0.1, -0.05) is 18.2 Å². The Bertz CT molecular complexity index is 1240. The van der Waals surface area contributed by atoms with Crippen LogP contribution in [0.1, 0.15) is 56.9 Å². The number of benzene rings is 2. The highest BCUT2D eigenvalue weighted by Crippen LogP contribution is 2.31. The first kappa shape index (κ1) is 21.5. The maximum atomic E-state index is 14.0. The second kappa shape index (κ2) is 8.54. The van der Waals surface area contributed by atoms with E-state index in [4.69, 9.17) is 5.10 Å². The average molecular weight is 450 g/mol. The molecule has 5 rings (SSSR count). The van der Waals surface area contributed by atoms with Gasteiger partial charge >= 0.3 is 0 Å². The van der Waals surface area contributed by atoms with Crippen LogP contribution in [0.5, 0.6) is 0 Å². The molecule has 0 saturated carbocycles. The number of carbonyl (C=O) groups excluding carboxylic acids is 2. The minimum Gasteiger partial charge on any atom is -0.337 e. The molecule has 0 bridgehead atoms. The molecule has 7 heteroatoms. The fourth-order valence-corrected chi connectivity index (χ4v) is 5.01. The lowest BCUT2D eigenvalue weighted by atomic mass is 9.88. The van der Waals surface area contributed by atoms with Gasteiger partial charge in [-0.25, -0.2) is 13.5 Å². The van der Waals surface area contributed by atoms with Crippen molar-refractivity contribution in [2.24, 2.45) is 5.92 Å². The fourth-order valence-electron chi connectivity index (χ4n) is 5.01. The number of Topliss-reactive ketones (excluding diaryl/α,β-unsaturated/α-hetero) is 1. The number of fused-ring (bicyclic) bond motifs is 1. The Balaban J connectivity index is 1.34. The van der Waals surface area contributed by atoms with Crippen LogP contribution in [0.25, 0.3) is 5.69 Å². The molecule has 3 aromatic rings. The highest BCUT2D eigenvalue weighted by molar-refractivity contribution is 5.98. The smallest absolute Gasteiger partial charge is 0.274 e. The molecule has 0 N–H and O–H groups in total. The Kier molecular flexibility index (Phi) is 5.56. The van der Waals surface area contributed by atoms with Gasteiger partial charge in [0.15, 0.2) is 11.5 Å². The van der Waals surface area contributed by atoms with Gasteiger partial charge in [0.25, 0.3) is 5.91 Å². The summed E-state index contributed by atoms with van der Waals surface area (Å²) in [6.45, 7) is 2.80. The van der Waals surface area contributed by atoms with Crippen LogP contribution in [0.2, 0.25) is 0 Å². The van der Waals surface area contributed by atoms with E-state index in [0.29, 0.717) is 31.6 Å². The summed E-state index contributed by atoms with van der Waals surface area (Å²) in [5, 5.41) is 4.73. The van der Waals surface area contributed by atoms with Crippen molar-refractivity contribution in [1.82, 2.24) is 14.7 Å². The van der Waals surface area contributed by atoms with E-state index in [-0.39, 0.29) is 11.5 Å². The van der Waals surface area contributed by atoms with Crippen molar-refractivity contribution in [3.63, 3.8) is 0 Å². The van der Waals surface area contributed by atoms with E-state index in [0.717, 1.165) is 60.0 Å². The number of amides is 1. The Labute approximate surface area is 191 Å². The maximum absolute atomic E-state index is 14.0. The number of hydrogen-bond donors (Lipinski definition) is 0. The molecule has 170 valence electrons. The molecular formula is C26H25F2N3O2. The van der Waals surface area contributed by atoms with E-state index in [1.807, 2.05) is 35.9 Å². The molecular weight excluding hydrogens is 424 g/mol. The van der Waals surface area contributed by atoms with Crippen molar-refractivity contribution in [2.45, 2.75) is 39.0 Å². The van der Waals surface area contributed by atoms with E-state index in [1.54, 1.807) is 4.90 Å². The van der Waals surface area contributed by atoms with Crippen LogP contribution in [0, 0.1) is 24.5 Å². The van der Waals surface area contributed by atoms with Crippen molar-refractivity contribution in [3.8, 4) is 5.69 Å². The van der Waals surface area contributed by atoms with Crippen LogP contribution in [-0.2, 0) is 12.8 Å². The van der Waals surface area contributed by atoms with Crippen molar-refractivity contribution >= 4 is 11.7 Å². The normalized spacial score (nSPS) is 16.2. The summed E-state index contributed by atoms with van der Waals surface area (Å²) < 4.78 is 29.5. The standard InChI is InChI=1S/C26H25F2N3O2/c1-16-5-2-3-7-22(16)31-23-8-4-6-19(23)24(29-31)26(33)30-13-11-17(12-14-30)25(32)20-15-18(27)9-10-21(20)28/h2-3,5,7,9-10,15,17H,4,6,8,11-14H2,1H3. The molecule has 5 nitrogen and oxygen atoms in total. The fraction of sp³-hybridized carbons (Fsp3) is 0.346. The van der Waals surface area contributed by atoms with Crippen LogP contribution in [0.15, 0.2) is 42.5 Å². The number of carbonyl (C=O) groups is 2. The number of piperidine rings is 1. The van der Waals surface area contributed by atoms with Gasteiger partial charge in [0.1, 0.15) is 11.6 Å². The molecule has 1 aliphatic carbocycles. The third-order valence-corrected chi connectivity index (χ3v) is 6.82. The SMILES string of the molecule is Cc1ccccc1-n1nc(C(=O)N2CCC(C(=O)c3cc(F)ccc3F)CC2)c2c1CCC2. The zero-order chi connectivity index (χ0) is 23.1. The average Bonchev–Trinajstić information content (AvgIpc) is 3.43. The first-order valence-corrected chi connectivity index (χ1v) is 11.4. The van der Waals surface area contributed by atoms with Crippen LogP contribution in [0.3, 0.4) is 0 Å². The van der Waals surface area contributed by atoms with Crippen molar-refractivity contribution in [2.75, 3.05) is 13.1 Å². The van der Waals surface area contributed by atoms with Gasteiger partial charge in [-0.2, -0.15) is 5.10 Å². The first-order chi connectivity index (χ1) is 15.9. The number of aromatic nitrogens is 2. The van der Waals surface area contributed by atoms with Crippen molar-refractivity contribution in [1.29, 1.82) is 0 Å². The minimum absolute atomic E-state index is 0.122. The van der Waals surface area contributed by atoms with Crippen LogP contribution in [-0.4, -0.2) is 39.5 Å². The van der Waals surface area contributed by atoms with Gasteiger partial charge < -0.3 is 4.90 Å².